The summed E-state index contributed by atoms with van der Waals surface area (Å²) in [5.74, 6) is 1.09. The van der Waals surface area contributed by atoms with E-state index in [1.807, 2.05) is 38.1 Å². The highest BCUT2D eigenvalue weighted by Crippen LogP contribution is 2.40. The van der Waals surface area contributed by atoms with Gasteiger partial charge >= 0.3 is 0 Å². The number of fused-ring (bicyclic) bond motifs is 2. The molecule has 1 amide bonds. The Hall–Kier alpha value is -2.44. The number of piperidine rings is 1. The van der Waals surface area contributed by atoms with Crippen LogP contribution in [0.1, 0.15) is 43.0 Å². The van der Waals surface area contributed by atoms with Gasteiger partial charge in [0.25, 0.3) is 5.91 Å². The van der Waals surface area contributed by atoms with Crippen LogP contribution in [0.3, 0.4) is 0 Å². The Labute approximate surface area is 233 Å². The zero-order valence-electron chi connectivity index (χ0n) is 21.8. The van der Waals surface area contributed by atoms with Crippen LogP contribution in [0.25, 0.3) is 10.2 Å². The molecule has 206 valence electrons. The fraction of sp³-hybridized carbons (Fsp3) is 0.462. The predicted molar refractivity (Wildman–Crippen MR) is 151 cm³/mol. The van der Waals surface area contributed by atoms with Crippen LogP contribution in [0.4, 0.5) is 5.13 Å². The average Bonchev–Trinajstić information content (AvgIpc) is 3.53. The summed E-state index contributed by atoms with van der Waals surface area (Å²) >= 11 is 1.41. The summed E-state index contributed by atoms with van der Waals surface area (Å²) in [7, 11) is 0.283. The maximum absolute atomic E-state index is 13.7. The van der Waals surface area contributed by atoms with Gasteiger partial charge in [-0.05, 0) is 57.6 Å². The summed E-state index contributed by atoms with van der Waals surface area (Å²) in [4.78, 5) is 22.3. The van der Waals surface area contributed by atoms with Gasteiger partial charge in [-0.2, -0.15) is 4.31 Å². The molecular formula is C26H33ClN4O5S2. The Morgan fingerprint density at radius 1 is 1.11 bits per heavy atom. The van der Waals surface area contributed by atoms with Crippen molar-refractivity contribution in [1.29, 1.82) is 0 Å². The lowest BCUT2D eigenvalue weighted by molar-refractivity contribution is 0.0985. The van der Waals surface area contributed by atoms with E-state index < -0.39 is 10.0 Å². The molecule has 9 nitrogen and oxygen atoms in total. The number of benzene rings is 2. The summed E-state index contributed by atoms with van der Waals surface area (Å²) in [5, 5.41) is 0.571. The molecule has 3 aromatic rings. The van der Waals surface area contributed by atoms with Crippen LogP contribution in [-0.2, 0) is 10.0 Å². The normalized spacial score (nSPS) is 17.5. The lowest BCUT2D eigenvalue weighted by Crippen LogP contribution is -2.43. The first kappa shape index (κ1) is 28.6. The van der Waals surface area contributed by atoms with Gasteiger partial charge in [0.1, 0.15) is 0 Å². The van der Waals surface area contributed by atoms with Crippen molar-refractivity contribution < 1.29 is 22.7 Å². The third-order valence-corrected chi connectivity index (χ3v) is 9.88. The number of hydrogen-bond donors (Lipinski definition) is 0. The fourth-order valence-corrected chi connectivity index (χ4v) is 7.53. The number of halogens is 1. The molecule has 0 aliphatic carbocycles. The van der Waals surface area contributed by atoms with Crippen LogP contribution in [0.15, 0.2) is 41.3 Å². The largest absolute Gasteiger partial charge is 0.454 e. The molecule has 38 heavy (non-hydrogen) atoms. The fourth-order valence-electron chi connectivity index (χ4n) is 4.76. The van der Waals surface area contributed by atoms with E-state index in [2.05, 4.69) is 0 Å². The highest BCUT2D eigenvalue weighted by Gasteiger charge is 2.33. The van der Waals surface area contributed by atoms with Crippen molar-refractivity contribution in [3.63, 3.8) is 0 Å². The second-order valence-electron chi connectivity index (χ2n) is 9.63. The lowest BCUT2D eigenvalue weighted by Gasteiger charge is -2.34. The minimum absolute atomic E-state index is 0. The summed E-state index contributed by atoms with van der Waals surface area (Å²) in [6.07, 6.45) is 3.60. The Morgan fingerprint density at radius 3 is 2.50 bits per heavy atom. The number of aromatic nitrogens is 1. The zero-order chi connectivity index (χ0) is 26.2. The van der Waals surface area contributed by atoms with Crippen LogP contribution >= 0.6 is 23.7 Å². The van der Waals surface area contributed by atoms with Crippen molar-refractivity contribution in [2.24, 2.45) is 0 Å². The molecule has 0 saturated carbocycles. The first-order valence-electron chi connectivity index (χ1n) is 12.6. The number of anilines is 1. The number of nitrogens with zero attached hydrogens (tertiary/aromatic N) is 4. The van der Waals surface area contributed by atoms with Gasteiger partial charge in [0, 0.05) is 43.4 Å². The van der Waals surface area contributed by atoms with Crippen molar-refractivity contribution in [3.8, 4) is 11.5 Å². The SMILES string of the molecule is CCC1CCCCN1S(=O)(=O)c1ccc(C(=O)N(CCN(C)C)c2nc3cc4c(cc3s2)OCO4)cc1.Cl. The molecular weight excluding hydrogens is 548 g/mol. The molecule has 2 aliphatic heterocycles. The smallest absolute Gasteiger partial charge is 0.260 e. The number of carbonyl (C=O) groups excluding carboxylic acids is 1. The van der Waals surface area contributed by atoms with E-state index in [-0.39, 0.29) is 36.0 Å². The lowest BCUT2D eigenvalue weighted by atomic mass is 10.0. The van der Waals surface area contributed by atoms with E-state index in [1.165, 1.54) is 11.3 Å². The maximum atomic E-state index is 13.7. The number of amides is 1. The Bertz CT molecular complexity index is 1350. The van der Waals surface area contributed by atoms with Crippen LogP contribution in [0.2, 0.25) is 0 Å². The number of ether oxygens (including phenoxy) is 2. The van der Waals surface area contributed by atoms with Crippen molar-refractivity contribution in [1.82, 2.24) is 14.2 Å². The molecule has 1 aromatic heterocycles. The number of rotatable bonds is 8. The quantitative estimate of drug-likeness (QED) is 0.384. The Balaban J connectivity index is 0.00000336. The van der Waals surface area contributed by atoms with Gasteiger partial charge < -0.3 is 14.4 Å². The highest BCUT2D eigenvalue weighted by molar-refractivity contribution is 7.89. The Morgan fingerprint density at radius 2 is 1.82 bits per heavy atom. The van der Waals surface area contributed by atoms with Gasteiger partial charge in [-0.3, -0.25) is 9.69 Å². The molecule has 2 aromatic carbocycles. The van der Waals surface area contributed by atoms with Crippen molar-refractivity contribution in [3.05, 3.63) is 42.0 Å². The molecule has 2 aliphatic rings. The first-order valence-corrected chi connectivity index (χ1v) is 14.8. The van der Waals surface area contributed by atoms with Crippen molar-refractivity contribution >= 4 is 55.0 Å². The summed E-state index contributed by atoms with van der Waals surface area (Å²) in [5.41, 5.74) is 1.15. The molecule has 0 N–H and O–H groups in total. The van der Waals surface area contributed by atoms with E-state index in [1.54, 1.807) is 33.5 Å². The van der Waals surface area contributed by atoms with Gasteiger partial charge in [-0.1, -0.05) is 24.7 Å². The second-order valence-corrected chi connectivity index (χ2v) is 12.5. The molecule has 5 rings (SSSR count). The van der Waals surface area contributed by atoms with Gasteiger partial charge in [-0.15, -0.1) is 12.4 Å². The molecule has 0 spiro atoms. The van der Waals surface area contributed by atoms with Gasteiger partial charge in [0.15, 0.2) is 16.6 Å². The zero-order valence-corrected chi connectivity index (χ0v) is 24.2. The monoisotopic (exact) mass is 580 g/mol. The van der Waals surface area contributed by atoms with Crippen LogP contribution in [0.5, 0.6) is 11.5 Å². The minimum atomic E-state index is -3.61. The van der Waals surface area contributed by atoms with Crippen molar-refractivity contribution in [2.75, 3.05) is 45.4 Å². The van der Waals surface area contributed by atoms with E-state index in [0.29, 0.717) is 41.8 Å². The molecule has 1 atom stereocenters. The summed E-state index contributed by atoms with van der Waals surface area (Å²) in [6, 6.07) is 10.0. The number of thiazole rings is 1. The summed E-state index contributed by atoms with van der Waals surface area (Å²) < 4.78 is 40.2. The predicted octanol–water partition coefficient (Wildman–Crippen LogP) is 4.61. The van der Waals surface area contributed by atoms with Crippen molar-refractivity contribution in [2.45, 2.75) is 43.5 Å². The number of carbonyl (C=O) groups is 1. The van der Waals surface area contributed by atoms with Crippen LogP contribution < -0.4 is 14.4 Å². The molecule has 1 saturated heterocycles. The van der Waals surface area contributed by atoms with Gasteiger partial charge in [0.2, 0.25) is 16.8 Å². The van der Waals surface area contributed by atoms with Crippen LogP contribution in [0, 0.1) is 0 Å². The topological polar surface area (TPSA) is 92.3 Å². The third-order valence-electron chi connectivity index (χ3n) is 6.87. The number of sulfonamides is 1. The highest BCUT2D eigenvalue weighted by atomic mass is 35.5. The van der Waals surface area contributed by atoms with E-state index in [0.717, 1.165) is 35.9 Å². The van der Waals surface area contributed by atoms with E-state index in [4.69, 9.17) is 14.5 Å². The number of hydrogen-bond acceptors (Lipinski definition) is 8. The minimum Gasteiger partial charge on any atom is -0.454 e. The van der Waals surface area contributed by atoms with Gasteiger partial charge in [-0.25, -0.2) is 13.4 Å². The second kappa shape index (κ2) is 11.7. The van der Waals surface area contributed by atoms with E-state index in [9.17, 15) is 13.2 Å². The van der Waals surface area contributed by atoms with Gasteiger partial charge in [0.05, 0.1) is 15.1 Å². The standard InChI is InChI=1S/C26H32N4O5S2.ClH/c1-4-19-7-5-6-12-30(19)37(32,33)20-10-8-18(9-11-20)25(31)29(14-13-28(2)3)26-27-21-15-22-23(35-17-34-22)16-24(21)36-26;/h8-11,15-16,19H,4-7,12-14,17H2,1-3H3;1H. The third kappa shape index (κ3) is 5.62. The molecule has 1 fully saturated rings. The average molecular weight is 581 g/mol. The molecule has 3 heterocycles. The maximum Gasteiger partial charge on any atom is 0.260 e. The Kier molecular flexibility index (Phi) is 8.83. The number of likely N-dealkylation sites (N-methyl/N-ethyl adjacent to an activating group) is 1. The molecule has 0 bridgehead atoms. The molecule has 1 unspecified atom stereocenters. The van der Waals surface area contributed by atoms with E-state index >= 15 is 0 Å². The first-order chi connectivity index (χ1) is 17.8. The summed E-state index contributed by atoms with van der Waals surface area (Å²) in [6.45, 7) is 3.83. The molecule has 0 radical (unpaired) electrons. The van der Waals surface area contributed by atoms with Crippen LogP contribution in [-0.4, -0.2) is 75.1 Å². The molecule has 12 heteroatoms.